The third-order valence-electron chi connectivity index (χ3n) is 7.41. The number of aliphatic hydroxyl groups excluding tert-OH is 1. The molecule has 5 rings (SSSR count). The number of nitrogens with one attached hydrogen (secondary N) is 1. The van der Waals surface area contributed by atoms with Crippen molar-refractivity contribution in [3.63, 3.8) is 0 Å². The van der Waals surface area contributed by atoms with Crippen molar-refractivity contribution in [2.24, 2.45) is 0 Å². The third-order valence-corrected chi connectivity index (χ3v) is 7.41. The first-order valence-electron chi connectivity index (χ1n) is 13.4. The molecular formula is C29H38N6O3. The van der Waals surface area contributed by atoms with Gasteiger partial charge in [-0.3, -0.25) is 4.90 Å². The lowest BCUT2D eigenvalue weighted by Crippen LogP contribution is -2.50. The van der Waals surface area contributed by atoms with Crippen LogP contribution in [0.4, 0.5) is 11.8 Å². The highest BCUT2D eigenvalue weighted by Gasteiger charge is 2.26. The van der Waals surface area contributed by atoms with Crippen molar-refractivity contribution in [3.8, 4) is 5.75 Å². The number of para-hydroxylation sites is 1. The number of hydrogen-bond donors (Lipinski definition) is 3. The molecule has 1 fully saturated rings. The second-order valence-corrected chi connectivity index (χ2v) is 10.1. The predicted molar refractivity (Wildman–Crippen MR) is 152 cm³/mol. The summed E-state index contributed by atoms with van der Waals surface area (Å²) in [6.07, 6.45) is 2.88. The van der Waals surface area contributed by atoms with Gasteiger partial charge in [0.15, 0.2) is 5.82 Å². The summed E-state index contributed by atoms with van der Waals surface area (Å²) >= 11 is 0. The zero-order valence-corrected chi connectivity index (χ0v) is 22.5. The summed E-state index contributed by atoms with van der Waals surface area (Å²) in [5.74, 6) is 1.76. The van der Waals surface area contributed by atoms with E-state index in [0.29, 0.717) is 24.9 Å². The summed E-state index contributed by atoms with van der Waals surface area (Å²) < 4.78 is 13.5. The number of benzene rings is 2. The molecule has 0 amide bonds. The number of methoxy groups -OCH3 is 2. The van der Waals surface area contributed by atoms with Gasteiger partial charge in [0.25, 0.3) is 0 Å². The predicted octanol–water partition coefficient (Wildman–Crippen LogP) is 4.02. The standard InChI is InChI=1S/C29H38N6O3/c1-4-7-21(12-13-36)31-28-27-26(32-29(30)33-28)23-8-5-6-9-24(23)35(27)16-20-14-19(10-11-25(20)38-3)15-34-17-22(18-34)37-2/h5-6,8-11,14,21-22,36H,4,7,12-13,15-18H2,1-3H3,(H3,30,31,32,33)/t21-/m0/s1. The highest BCUT2D eigenvalue weighted by molar-refractivity contribution is 6.09. The van der Waals surface area contributed by atoms with E-state index in [1.54, 1.807) is 14.2 Å². The molecule has 2 aromatic heterocycles. The number of nitrogens with zero attached hydrogens (tertiary/aromatic N) is 4. The average molecular weight is 519 g/mol. The van der Waals surface area contributed by atoms with E-state index in [-0.39, 0.29) is 18.6 Å². The van der Waals surface area contributed by atoms with Crippen LogP contribution in [0.5, 0.6) is 5.75 Å². The minimum atomic E-state index is 0.0827. The zero-order valence-electron chi connectivity index (χ0n) is 22.5. The summed E-state index contributed by atoms with van der Waals surface area (Å²) in [7, 11) is 3.48. The Labute approximate surface area is 223 Å². The van der Waals surface area contributed by atoms with Crippen molar-refractivity contribution in [2.75, 3.05) is 45.0 Å². The molecule has 9 heteroatoms. The lowest BCUT2D eigenvalue weighted by Gasteiger charge is -2.38. The first-order valence-corrected chi connectivity index (χ1v) is 13.4. The Morgan fingerprint density at radius 3 is 2.66 bits per heavy atom. The van der Waals surface area contributed by atoms with Gasteiger partial charge in [-0.05, 0) is 36.6 Å². The van der Waals surface area contributed by atoms with E-state index in [9.17, 15) is 5.11 Å². The molecule has 2 aromatic carbocycles. The van der Waals surface area contributed by atoms with Gasteiger partial charge < -0.3 is 30.2 Å². The van der Waals surface area contributed by atoms with Gasteiger partial charge in [0.1, 0.15) is 16.8 Å². The molecule has 4 aromatic rings. The van der Waals surface area contributed by atoms with Crippen LogP contribution in [-0.4, -0.2) is 70.6 Å². The second kappa shape index (κ2) is 11.6. The molecule has 202 valence electrons. The van der Waals surface area contributed by atoms with Gasteiger partial charge in [0, 0.05) is 50.3 Å². The quantitative estimate of drug-likeness (QED) is 0.258. The van der Waals surface area contributed by atoms with Crippen LogP contribution in [-0.2, 0) is 17.8 Å². The number of anilines is 2. The van der Waals surface area contributed by atoms with Crippen LogP contribution in [0.15, 0.2) is 42.5 Å². The molecule has 0 bridgehead atoms. The zero-order chi connectivity index (χ0) is 26.6. The SMILES string of the molecule is CCC[C@@H](CCO)Nc1nc(N)nc2c3ccccc3n(Cc3cc(CN4CC(OC)C4)ccc3OC)c12. The van der Waals surface area contributed by atoms with Crippen molar-refractivity contribution in [1.29, 1.82) is 0 Å². The van der Waals surface area contributed by atoms with Gasteiger partial charge in [0.05, 0.1) is 25.3 Å². The molecule has 1 aliphatic heterocycles. The molecule has 0 radical (unpaired) electrons. The van der Waals surface area contributed by atoms with Crippen LogP contribution in [0.3, 0.4) is 0 Å². The third kappa shape index (κ3) is 5.27. The monoisotopic (exact) mass is 518 g/mol. The van der Waals surface area contributed by atoms with E-state index in [0.717, 1.165) is 65.7 Å². The van der Waals surface area contributed by atoms with Gasteiger partial charge in [-0.1, -0.05) is 37.6 Å². The van der Waals surface area contributed by atoms with E-state index >= 15 is 0 Å². The number of aliphatic hydroxyl groups is 1. The minimum absolute atomic E-state index is 0.0827. The average Bonchev–Trinajstić information content (AvgIpc) is 3.20. The highest BCUT2D eigenvalue weighted by atomic mass is 16.5. The largest absolute Gasteiger partial charge is 0.496 e. The fourth-order valence-electron chi connectivity index (χ4n) is 5.48. The molecule has 0 unspecified atom stereocenters. The van der Waals surface area contributed by atoms with Crippen LogP contribution in [0, 0.1) is 0 Å². The van der Waals surface area contributed by atoms with Gasteiger partial charge in [-0.2, -0.15) is 4.98 Å². The Kier molecular flexibility index (Phi) is 7.97. The number of nitrogen functional groups attached to an aromatic ring is 1. The maximum absolute atomic E-state index is 9.64. The molecule has 1 atom stereocenters. The van der Waals surface area contributed by atoms with E-state index in [2.05, 4.69) is 62.0 Å². The minimum Gasteiger partial charge on any atom is -0.496 e. The molecule has 0 spiro atoms. The Morgan fingerprint density at radius 1 is 1.11 bits per heavy atom. The Bertz CT molecular complexity index is 1390. The Hall–Kier alpha value is -3.40. The molecule has 4 N–H and O–H groups in total. The Morgan fingerprint density at radius 2 is 1.92 bits per heavy atom. The van der Waals surface area contributed by atoms with Crippen molar-refractivity contribution in [2.45, 2.75) is 51.4 Å². The van der Waals surface area contributed by atoms with Crippen LogP contribution in [0.1, 0.15) is 37.3 Å². The molecule has 1 aliphatic rings. The van der Waals surface area contributed by atoms with Crippen LogP contribution in [0.2, 0.25) is 0 Å². The maximum atomic E-state index is 9.64. The Balaban J connectivity index is 1.58. The molecule has 0 aliphatic carbocycles. The first-order chi connectivity index (χ1) is 18.5. The van der Waals surface area contributed by atoms with Gasteiger partial charge in [-0.15, -0.1) is 0 Å². The maximum Gasteiger partial charge on any atom is 0.222 e. The van der Waals surface area contributed by atoms with E-state index in [1.165, 1.54) is 5.56 Å². The van der Waals surface area contributed by atoms with E-state index in [4.69, 9.17) is 15.2 Å². The lowest BCUT2D eigenvalue weighted by molar-refractivity contribution is -0.0334. The van der Waals surface area contributed by atoms with Crippen molar-refractivity contribution in [3.05, 3.63) is 53.6 Å². The smallest absolute Gasteiger partial charge is 0.222 e. The van der Waals surface area contributed by atoms with Gasteiger partial charge in [0.2, 0.25) is 5.95 Å². The summed E-state index contributed by atoms with van der Waals surface area (Å²) in [5.41, 5.74) is 11.3. The van der Waals surface area contributed by atoms with E-state index < -0.39 is 0 Å². The fourth-order valence-corrected chi connectivity index (χ4v) is 5.48. The number of nitrogens with two attached hydrogens (primary N) is 1. The van der Waals surface area contributed by atoms with Crippen molar-refractivity contribution < 1.29 is 14.6 Å². The number of likely N-dealkylation sites (tertiary alicyclic amines) is 1. The van der Waals surface area contributed by atoms with Crippen LogP contribution < -0.4 is 15.8 Å². The normalized spacial score (nSPS) is 15.2. The summed E-state index contributed by atoms with van der Waals surface area (Å²) in [5, 5.41) is 14.2. The van der Waals surface area contributed by atoms with Gasteiger partial charge >= 0.3 is 0 Å². The molecule has 1 saturated heterocycles. The molecular weight excluding hydrogens is 480 g/mol. The number of rotatable bonds is 12. The number of ether oxygens (including phenoxy) is 2. The first kappa shape index (κ1) is 26.2. The summed E-state index contributed by atoms with van der Waals surface area (Å²) in [6.45, 7) is 5.60. The molecule has 38 heavy (non-hydrogen) atoms. The van der Waals surface area contributed by atoms with Crippen LogP contribution in [0.25, 0.3) is 21.9 Å². The summed E-state index contributed by atoms with van der Waals surface area (Å²) in [6, 6.07) is 14.7. The number of aromatic nitrogens is 3. The number of fused-ring (bicyclic) bond motifs is 3. The fraction of sp³-hybridized carbons (Fsp3) is 0.448. The van der Waals surface area contributed by atoms with Crippen molar-refractivity contribution >= 4 is 33.7 Å². The van der Waals surface area contributed by atoms with Crippen LogP contribution >= 0.6 is 0 Å². The van der Waals surface area contributed by atoms with Gasteiger partial charge in [-0.25, -0.2) is 4.98 Å². The second-order valence-electron chi connectivity index (χ2n) is 10.1. The molecule has 3 heterocycles. The topological polar surface area (TPSA) is 111 Å². The molecule has 0 saturated carbocycles. The number of hydrogen-bond acceptors (Lipinski definition) is 8. The lowest BCUT2D eigenvalue weighted by atomic mass is 10.1. The van der Waals surface area contributed by atoms with Crippen molar-refractivity contribution in [1.82, 2.24) is 19.4 Å². The highest BCUT2D eigenvalue weighted by Crippen LogP contribution is 2.35. The summed E-state index contributed by atoms with van der Waals surface area (Å²) in [4.78, 5) is 11.7. The van der Waals surface area contributed by atoms with E-state index in [1.807, 2.05) is 12.1 Å². The molecule has 9 nitrogen and oxygen atoms in total.